The Morgan fingerprint density at radius 3 is 3.12 bits per heavy atom. The van der Waals surface area contributed by atoms with Crippen LogP contribution in [0.1, 0.15) is 20.9 Å². The van der Waals surface area contributed by atoms with E-state index >= 15 is 0 Å². The van der Waals surface area contributed by atoms with Crippen molar-refractivity contribution >= 4 is 22.0 Å². The molecule has 0 radical (unpaired) electrons. The quantitative estimate of drug-likeness (QED) is 0.649. The number of imidazole rings is 1. The molecule has 0 saturated heterocycles. The highest BCUT2D eigenvalue weighted by Crippen LogP contribution is 2.22. The van der Waals surface area contributed by atoms with E-state index in [2.05, 4.69) is 9.97 Å². The van der Waals surface area contributed by atoms with Gasteiger partial charge in [-0.15, -0.1) is 11.3 Å². The first-order chi connectivity index (χ1) is 8.25. The number of hydrogen-bond donors (Lipinski definition) is 0. The minimum atomic E-state index is -0.0811. The molecule has 0 aromatic carbocycles. The second-order valence-corrected chi connectivity index (χ2v) is 4.95. The van der Waals surface area contributed by atoms with Crippen LogP contribution in [0.25, 0.3) is 4.83 Å². The first kappa shape index (κ1) is 10.2. The number of aryl methyl sites for hydroxylation is 1. The highest BCUT2D eigenvalue weighted by atomic mass is 32.1. The number of pyridine rings is 1. The third kappa shape index (κ3) is 1.64. The minimum Gasteiger partial charge on any atom is -0.296 e. The molecular weight excluding hydrogens is 234 g/mol. The molecule has 0 unspecified atom stereocenters. The molecule has 0 bridgehead atoms. The van der Waals surface area contributed by atoms with Gasteiger partial charge in [0.2, 0.25) is 5.78 Å². The molecule has 4 nitrogen and oxygen atoms in total. The van der Waals surface area contributed by atoms with Crippen molar-refractivity contribution in [3.05, 3.63) is 53.2 Å². The summed E-state index contributed by atoms with van der Waals surface area (Å²) in [5, 5.41) is 0. The second kappa shape index (κ2) is 3.78. The maximum absolute atomic E-state index is 12.2. The molecule has 0 fully saturated rings. The Balaban J connectivity index is 2.13. The lowest BCUT2D eigenvalue weighted by atomic mass is 10.1. The van der Waals surface area contributed by atoms with Gasteiger partial charge in [-0.3, -0.25) is 14.2 Å². The summed E-state index contributed by atoms with van der Waals surface area (Å²) in [5.74, 6) is -0.0811. The first-order valence-electron chi connectivity index (χ1n) is 5.13. The van der Waals surface area contributed by atoms with Crippen LogP contribution < -0.4 is 0 Å². The molecule has 17 heavy (non-hydrogen) atoms. The van der Waals surface area contributed by atoms with Crippen LogP contribution >= 0.6 is 11.3 Å². The van der Waals surface area contributed by atoms with Gasteiger partial charge < -0.3 is 0 Å². The molecule has 0 aliphatic rings. The highest BCUT2D eigenvalue weighted by Gasteiger charge is 2.16. The van der Waals surface area contributed by atoms with Crippen molar-refractivity contribution in [3.63, 3.8) is 0 Å². The number of nitrogens with zero attached hydrogens (tertiary/aromatic N) is 3. The van der Waals surface area contributed by atoms with E-state index in [1.165, 1.54) is 0 Å². The topological polar surface area (TPSA) is 47.3 Å². The van der Waals surface area contributed by atoms with Crippen LogP contribution in [0.15, 0.2) is 37.1 Å². The van der Waals surface area contributed by atoms with E-state index in [-0.39, 0.29) is 5.78 Å². The third-order valence-electron chi connectivity index (χ3n) is 2.47. The van der Waals surface area contributed by atoms with Crippen LogP contribution in [0.5, 0.6) is 0 Å². The Labute approximate surface area is 102 Å². The number of rotatable bonds is 2. The Bertz CT molecular complexity index is 684. The van der Waals surface area contributed by atoms with Gasteiger partial charge in [-0.2, -0.15) is 0 Å². The van der Waals surface area contributed by atoms with Crippen LogP contribution in [-0.2, 0) is 0 Å². The fourth-order valence-electron chi connectivity index (χ4n) is 1.71. The molecule has 5 heteroatoms. The van der Waals surface area contributed by atoms with Crippen molar-refractivity contribution in [3.8, 4) is 0 Å². The SMILES string of the molecule is Cc1cn2cnc(C(=O)c3cccnc3)c2s1. The van der Waals surface area contributed by atoms with Gasteiger partial charge in [0.15, 0.2) is 0 Å². The molecule has 0 amide bonds. The van der Waals surface area contributed by atoms with Gasteiger partial charge >= 0.3 is 0 Å². The number of hydrogen-bond acceptors (Lipinski definition) is 4. The first-order valence-corrected chi connectivity index (χ1v) is 5.95. The summed E-state index contributed by atoms with van der Waals surface area (Å²) in [6.07, 6.45) is 6.85. The zero-order valence-corrected chi connectivity index (χ0v) is 9.94. The molecule has 0 aliphatic heterocycles. The van der Waals surface area contributed by atoms with E-state index in [1.54, 1.807) is 42.2 Å². The summed E-state index contributed by atoms with van der Waals surface area (Å²) in [7, 11) is 0. The smallest absolute Gasteiger partial charge is 0.215 e. The Hall–Kier alpha value is -2.01. The number of carbonyl (C=O) groups excluding carboxylic acids is 1. The predicted molar refractivity (Wildman–Crippen MR) is 65.5 cm³/mol. The number of ketones is 1. The van der Waals surface area contributed by atoms with Crippen molar-refractivity contribution < 1.29 is 4.79 Å². The van der Waals surface area contributed by atoms with Crippen LogP contribution in [0.4, 0.5) is 0 Å². The largest absolute Gasteiger partial charge is 0.296 e. The van der Waals surface area contributed by atoms with Crippen molar-refractivity contribution in [2.45, 2.75) is 6.92 Å². The van der Waals surface area contributed by atoms with E-state index in [4.69, 9.17) is 0 Å². The number of thiazole rings is 1. The summed E-state index contributed by atoms with van der Waals surface area (Å²) in [4.78, 5) is 22.4. The summed E-state index contributed by atoms with van der Waals surface area (Å²) in [6.45, 7) is 2.01. The number of aromatic nitrogens is 3. The molecule has 3 aromatic rings. The summed E-state index contributed by atoms with van der Waals surface area (Å²) >= 11 is 1.57. The van der Waals surface area contributed by atoms with E-state index in [0.29, 0.717) is 11.3 Å². The standard InChI is InChI=1S/C12H9N3OS/c1-8-6-15-7-14-10(12(15)17-8)11(16)9-3-2-4-13-5-9/h2-7H,1H3. The highest BCUT2D eigenvalue weighted by molar-refractivity contribution is 7.17. The maximum atomic E-state index is 12.2. The molecule has 3 aromatic heterocycles. The maximum Gasteiger partial charge on any atom is 0.215 e. The van der Waals surface area contributed by atoms with E-state index in [0.717, 1.165) is 9.71 Å². The van der Waals surface area contributed by atoms with E-state index in [1.807, 2.05) is 17.5 Å². The molecule has 3 rings (SSSR count). The fourth-order valence-corrected chi connectivity index (χ4v) is 2.63. The Kier molecular flexibility index (Phi) is 2.26. The lowest BCUT2D eigenvalue weighted by molar-refractivity contribution is 0.103. The van der Waals surface area contributed by atoms with Crippen LogP contribution in [0.2, 0.25) is 0 Å². The molecular formula is C12H9N3OS. The van der Waals surface area contributed by atoms with Gasteiger partial charge in [0.1, 0.15) is 16.9 Å². The average Bonchev–Trinajstić information content (AvgIpc) is 2.88. The summed E-state index contributed by atoms with van der Waals surface area (Å²) < 4.78 is 1.88. The minimum absolute atomic E-state index is 0.0811. The predicted octanol–water partition coefficient (Wildman–Crippen LogP) is 2.33. The fraction of sp³-hybridized carbons (Fsp3) is 0.0833. The molecule has 84 valence electrons. The molecule has 0 saturated carbocycles. The number of carbonyl (C=O) groups is 1. The molecule has 0 aliphatic carbocycles. The number of fused-ring (bicyclic) bond motifs is 1. The van der Waals surface area contributed by atoms with Gasteiger partial charge in [-0.1, -0.05) is 0 Å². The van der Waals surface area contributed by atoms with Crippen molar-refractivity contribution in [2.75, 3.05) is 0 Å². The van der Waals surface area contributed by atoms with Gasteiger partial charge in [0, 0.05) is 29.0 Å². The third-order valence-corrected chi connectivity index (χ3v) is 3.49. The van der Waals surface area contributed by atoms with Crippen molar-refractivity contribution in [1.82, 2.24) is 14.4 Å². The van der Waals surface area contributed by atoms with Gasteiger partial charge in [0.05, 0.1) is 0 Å². The summed E-state index contributed by atoms with van der Waals surface area (Å²) in [6, 6.07) is 3.50. The van der Waals surface area contributed by atoms with Crippen LogP contribution in [0.3, 0.4) is 0 Å². The average molecular weight is 243 g/mol. The monoisotopic (exact) mass is 243 g/mol. The molecule has 0 atom stereocenters. The van der Waals surface area contributed by atoms with Crippen LogP contribution in [0, 0.1) is 6.92 Å². The zero-order valence-electron chi connectivity index (χ0n) is 9.12. The normalized spacial score (nSPS) is 10.9. The molecule has 3 heterocycles. The van der Waals surface area contributed by atoms with Gasteiger partial charge in [-0.05, 0) is 19.1 Å². The van der Waals surface area contributed by atoms with Crippen molar-refractivity contribution in [1.29, 1.82) is 0 Å². The van der Waals surface area contributed by atoms with E-state index < -0.39 is 0 Å². The van der Waals surface area contributed by atoms with Crippen LogP contribution in [-0.4, -0.2) is 20.2 Å². The van der Waals surface area contributed by atoms with E-state index in [9.17, 15) is 4.79 Å². The lowest BCUT2D eigenvalue weighted by Crippen LogP contribution is -2.02. The van der Waals surface area contributed by atoms with Gasteiger partial charge in [-0.25, -0.2) is 4.98 Å². The Morgan fingerprint density at radius 1 is 1.47 bits per heavy atom. The van der Waals surface area contributed by atoms with Gasteiger partial charge in [0.25, 0.3) is 0 Å². The molecule has 0 spiro atoms. The molecule has 0 N–H and O–H groups in total. The lowest BCUT2D eigenvalue weighted by Gasteiger charge is -1.95. The summed E-state index contributed by atoms with van der Waals surface area (Å²) in [5.41, 5.74) is 1.07. The van der Waals surface area contributed by atoms with Crippen molar-refractivity contribution in [2.24, 2.45) is 0 Å². The Morgan fingerprint density at radius 2 is 2.35 bits per heavy atom. The second-order valence-electron chi connectivity index (χ2n) is 3.72. The zero-order chi connectivity index (χ0) is 11.8.